The number of hydrogen-bond donors (Lipinski definition) is 0. The topological polar surface area (TPSA) is 26.3 Å². The van der Waals surface area contributed by atoms with E-state index in [1.54, 1.807) is 23.9 Å². The lowest BCUT2D eigenvalue weighted by Crippen LogP contribution is -2.14. The molecule has 0 aliphatic rings. The highest BCUT2D eigenvalue weighted by molar-refractivity contribution is 8.03. The molecule has 1 aromatic carbocycles. The number of thioether (sulfide) groups is 1. The molecular weight excluding hydrogens is 316 g/mol. The molecule has 0 bridgehead atoms. The maximum absolute atomic E-state index is 12.6. The molecule has 0 radical (unpaired) electrons. The van der Waals surface area contributed by atoms with Gasteiger partial charge in [-0.15, -0.1) is 0 Å². The Labute approximate surface area is 151 Å². The van der Waals surface area contributed by atoms with Crippen LogP contribution in [0.5, 0.6) is 0 Å². The molecule has 0 aromatic heterocycles. The Bertz CT molecular complexity index is 599. The van der Waals surface area contributed by atoms with Gasteiger partial charge in [0.2, 0.25) is 0 Å². The summed E-state index contributed by atoms with van der Waals surface area (Å²) in [5, 5.41) is 0. The first kappa shape index (κ1) is 20.6. The fraction of sp³-hybridized carbons (Fsp3) is 0.476. The molecule has 0 saturated heterocycles. The van der Waals surface area contributed by atoms with E-state index in [4.69, 9.17) is 4.74 Å². The lowest BCUT2D eigenvalue weighted by atomic mass is 9.92. The average Bonchev–Trinajstić information content (AvgIpc) is 2.45. The molecule has 0 aliphatic heterocycles. The minimum atomic E-state index is -0.187. The van der Waals surface area contributed by atoms with Crippen molar-refractivity contribution in [2.45, 2.75) is 53.4 Å². The van der Waals surface area contributed by atoms with Crippen molar-refractivity contribution in [3.05, 3.63) is 53.1 Å². The molecule has 0 saturated carbocycles. The quantitative estimate of drug-likeness (QED) is 0.346. The number of benzene rings is 1. The maximum atomic E-state index is 12.6. The van der Waals surface area contributed by atoms with E-state index in [0.717, 1.165) is 15.6 Å². The van der Waals surface area contributed by atoms with Crippen molar-refractivity contribution >= 4 is 17.5 Å². The zero-order chi connectivity index (χ0) is 18.4. The van der Waals surface area contributed by atoms with Crippen LogP contribution < -0.4 is 0 Å². The van der Waals surface area contributed by atoms with E-state index >= 15 is 0 Å². The van der Waals surface area contributed by atoms with E-state index in [1.165, 1.54) is 0 Å². The van der Waals surface area contributed by atoms with E-state index in [1.807, 2.05) is 25.1 Å². The smallest absolute Gasteiger partial charge is 0.182 e. The number of hydrogen-bond acceptors (Lipinski definition) is 3. The summed E-state index contributed by atoms with van der Waals surface area (Å²) >= 11 is 1.64. The molecule has 0 heterocycles. The molecule has 1 rings (SSSR count). The van der Waals surface area contributed by atoms with Crippen LogP contribution in [0.2, 0.25) is 0 Å². The highest BCUT2D eigenvalue weighted by Gasteiger charge is 2.22. The standard InChI is InChI=1S/C21H30O2S/c1-8-23-18(20(2,3)4)14-16(22)15-19(21(5,6)7)24-17-12-10-9-11-13-17/h9-15H,8H2,1-7H3/b18-14-,19-15+. The predicted octanol–water partition coefficient (Wildman–Crippen LogP) is 6.24. The summed E-state index contributed by atoms with van der Waals surface area (Å²) in [5.74, 6) is 0.700. The van der Waals surface area contributed by atoms with Gasteiger partial charge in [-0.1, -0.05) is 71.5 Å². The summed E-state index contributed by atoms with van der Waals surface area (Å²) in [7, 11) is 0. The van der Waals surface area contributed by atoms with Gasteiger partial charge >= 0.3 is 0 Å². The SMILES string of the molecule is CCO/C(=C\C(=O)/C=C(/Sc1ccccc1)C(C)(C)C)C(C)(C)C. The first-order chi connectivity index (χ1) is 11.0. The summed E-state index contributed by atoms with van der Waals surface area (Å²) in [6, 6.07) is 10.1. The number of ketones is 1. The Kier molecular flexibility index (Phi) is 7.34. The summed E-state index contributed by atoms with van der Waals surface area (Å²) in [6.07, 6.45) is 3.36. The Hall–Kier alpha value is -1.48. The lowest BCUT2D eigenvalue weighted by molar-refractivity contribution is -0.110. The van der Waals surface area contributed by atoms with Gasteiger partial charge in [-0.05, 0) is 35.5 Å². The Balaban J connectivity index is 3.11. The second-order valence-electron chi connectivity index (χ2n) is 7.77. The second-order valence-corrected chi connectivity index (χ2v) is 8.88. The summed E-state index contributed by atoms with van der Waals surface area (Å²) in [6.45, 7) is 15.0. The van der Waals surface area contributed by atoms with E-state index in [0.29, 0.717) is 6.61 Å². The molecule has 0 amide bonds. The summed E-state index contributed by atoms with van der Waals surface area (Å²) in [4.78, 5) is 14.8. The van der Waals surface area contributed by atoms with Crippen molar-refractivity contribution in [2.75, 3.05) is 6.61 Å². The Morgan fingerprint density at radius 2 is 1.58 bits per heavy atom. The van der Waals surface area contributed by atoms with Crippen LogP contribution in [0.1, 0.15) is 48.5 Å². The van der Waals surface area contributed by atoms with Crippen molar-refractivity contribution in [3.8, 4) is 0 Å². The van der Waals surface area contributed by atoms with E-state index < -0.39 is 0 Å². The molecule has 0 fully saturated rings. The third kappa shape index (κ3) is 6.96. The molecule has 0 unspecified atom stereocenters. The van der Waals surface area contributed by atoms with Crippen molar-refractivity contribution in [1.82, 2.24) is 0 Å². The molecule has 2 nitrogen and oxygen atoms in total. The number of rotatable bonds is 6. The predicted molar refractivity (Wildman–Crippen MR) is 104 cm³/mol. The van der Waals surface area contributed by atoms with Crippen LogP contribution in [-0.4, -0.2) is 12.4 Å². The fourth-order valence-electron chi connectivity index (χ4n) is 1.94. The molecule has 0 N–H and O–H groups in total. The molecule has 1 aromatic rings. The highest BCUT2D eigenvalue weighted by atomic mass is 32.2. The van der Waals surface area contributed by atoms with Crippen LogP contribution in [0, 0.1) is 10.8 Å². The normalized spacial score (nSPS) is 13.8. The number of carbonyl (C=O) groups is 1. The number of allylic oxidation sites excluding steroid dienone is 4. The van der Waals surface area contributed by atoms with Crippen molar-refractivity contribution in [1.29, 1.82) is 0 Å². The number of ether oxygens (including phenoxy) is 1. The van der Waals surface area contributed by atoms with Crippen LogP contribution in [0.25, 0.3) is 0 Å². The van der Waals surface area contributed by atoms with Gasteiger partial charge in [0.1, 0.15) is 5.76 Å². The second kappa shape index (κ2) is 8.57. The fourth-order valence-corrected chi connectivity index (χ4v) is 2.97. The number of carbonyl (C=O) groups excluding carboxylic acids is 1. The summed E-state index contributed by atoms with van der Waals surface area (Å²) < 4.78 is 5.67. The van der Waals surface area contributed by atoms with Gasteiger partial charge in [-0.2, -0.15) is 0 Å². The van der Waals surface area contributed by atoms with Crippen LogP contribution in [-0.2, 0) is 9.53 Å². The van der Waals surface area contributed by atoms with Gasteiger partial charge in [0.25, 0.3) is 0 Å². The van der Waals surface area contributed by atoms with Gasteiger partial charge in [-0.25, -0.2) is 0 Å². The van der Waals surface area contributed by atoms with Gasteiger partial charge in [-0.3, -0.25) is 4.79 Å². The van der Waals surface area contributed by atoms with E-state index in [-0.39, 0.29) is 16.6 Å². The Morgan fingerprint density at radius 3 is 2.04 bits per heavy atom. The molecular formula is C21H30O2S. The molecule has 24 heavy (non-hydrogen) atoms. The third-order valence-electron chi connectivity index (χ3n) is 3.30. The Morgan fingerprint density at radius 1 is 1.00 bits per heavy atom. The highest BCUT2D eigenvalue weighted by Crippen LogP contribution is 2.39. The van der Waals surface area contributed by atoms with Gasteiger partial charge in [0, 0.05) is 16.4 Å². The molecule has 0 spiro atoms. The van der Waals surface area contributed by atoms with Crippen molar-refractivity contribution in [3.63, 3.8) is 0 Å². The summed E-state index contributed by atoms with van der Waals surface area (Å²) in [5.41, 5.74) is -0.286. The minimum Gasteiger partial charge on any atom is -0.498 e. The molecule has 0 atom stereocenters. The van der Waals surface area contributed by atoms with Gasteiger partial charge in [0.15, 0.2) is 5.78 Å². The van der Waals surface area contributed by atoms with Crippen LogP contribution in [0.3, 0.4) is 0 Å². The molecule has 3 heteroatoms. The lowest BCUT2D eigenvalue weighted by Gasteiger charge is -2.23. The third-order valence-corrected chi connectivity index (χ3v) is 4.75. The average molecular weight is 347 g/mol. The van der Waals surface area contributed by atoms with E-state index in [9.17, 15) is 4.79 Å². The van der Waals surface area contributed by atoms with Gasteiger partial charge < -0.3 is 4.74 Å². The van der Waals surface area contributed by atoms with Gasteiger partial charge in [0.05, 0.1) is 6.61 Å². The zero-order valence-electron chi connectivity index (χ0n) is 16.0. The molecule has 132 valence electrons. The zero-order valence-corrected chi connectivity index (χ0v) is 16.8. The maximum Gasteiger partial charge on any atom is 0.182 e. The minimum absolute atomic E-state index is 0.0262. The first-order valence-electron chi connectivity index (χ1n) is 8.38. The van der Waals surface area contributed by atoms with Crippen LogP contribution in [0.15, 0.2) is 58.0 Å². The van der Waals surface area contributed by atoms with Crippen LogP contribution >= 0.6 is 11.8 Å². The first-order valence-corrected chi connectivity index (χ1v) is 9.19. The van der Waals surface area contributed by atoms with E-state index in [2.05, 4.69) is 53.7 Å². The van der Waals surface area contributed by atoms with Crippen molar-refractivity contribution in [2.24, 2.45) is 10.8 Å². The van der Waals surface area contributed by atoms with Crippen LogP contribution in [0.4, 0.5) is 0 Å². The largest absolute Gasteiger partial charge is 0.498 e. The molecule has 0 aliphatic carbocycles. The monoisotopic (exact) mass is 346 g/mol. The van der Waals surface area contributed by atoms with Crippen molar-refractivity contribution < 1.29 is 9.53 Å².